The molecule has 0 fully saturated rings. The van der Waals surface area contributed by atoms with E-state index in [4.69, 9.17) is 19.3 Å². The van der Waals surface area contributed by atoms with Gasteiger partial charge in [-0.25, -0.2) is 4.79 Å². The molecule has 0 bridgehead atoms. The van der Waals surface area contributed by atoms with Gasteiger partial charge in [-0.2, -0.15) is 0 Å². The van der Waals surface area contributed by atoms with Crippen LogP contribution < -0.4 is 19.5 Å². The maximum absolute atomic E-state index is 11.9. The minimum atomic E-state index is -0.940. The third-order valence-electron chi connectivity index (χ3n) is 3.46. The predicted molar refractivity (Wildman–Crippen MR) is 88.1 cm³/mol. The molecule has 0 heterocycles. The Labute approximate surface area is 141 Å². The van der Waals surface area contributed by atoms with Crippen LogP contribution in [0.2, 0.25) is 0 Å². The van der Waals surface area contributed by atoms with Crippen molar-refractivity contribution in [3.63, 3.8) is 0 Å². The van der Waals surface area contributed by atoms with Crippen LogP contribution in [0.4, 0.5) is 4.79 Å². The first-order valence-electron chi connectivity index (χ1n) is 7.43. The minimum absolute atomic E-state index is 0.0899. The summed E-state index contributed by atoms with van der Waals surface area (Å²) < 4.78 is 15.9. The number of rotatable bonds is 9. The lowest BCUT2D eigenvalue weighted by Gasteiger charge is -2.18. The Bertz CT molecular complexity index is 576. The van der Waals surface area contributed by atoms with Gasteiger partial charge in [0.25, 0.3) is 0 Å². The van der Waals surface area contributed by atoms with Crippen molar-refractivity contribution in [2.45, 2.75) is 12.8 Å². The van der Waals surface area contributed by atoms with Crippen molar-refractivity contribution in [2.24, 2.45) is 0 Å². The molecule has 0 aliphatic heterocycles. The van der Waals surface area contributed by atoms with E-state index < -0.39 is 5.97 Å². The number of aliphatic carboxylic acids is 1. The van der Waals surface area contributed by atoms with Gasteiger partial charge >= 0.3 is 12.0 Å². The molecule has 0 aromatic heterocycles. The Hall–Kier alpha value is -2.64. The minimum Gasteiger partial charge on any atom is -0.493 e. The molecule has 0 aliphatic carbocycles. The number of methoxy groups -OCH3 is 3. The number of carboxylic acid groups (broad SMARTS) is 1. The van der Waals surface area contributed by atoms with Gasteiger partial charge in [0.1, 0.15) is 0 Å². The molecule has 1 aromatic rings. The van der Waals surface area contributed by atoms with Gasteiger partial charge in [-0.05, 0) is 12.5 Å². The zero-order valence-electron chi connectivity index (χ0n) is 14.4. The lowest BCUT2D eigenvalue weighted by atomic mass is 10.1. The monoisotopic (exact) mass is 340 g/mol. The molecule has 2 N–H and O–H groups in total. The Morgan fingerprint density at radius 2 is 1.79 bits per heavy atom. The van der Waals surface area contributed by atoms with E-state index >= 15 is 0 Å². The maximum Gasteiger partial charge on any atom is 0.317 e. The Morgan fingerprint density at radius 1 is 1.12 bits per heavy atom. The predicted octanol–water partition coefficient (Wildman–Crippen LogP) is 1.37. The first-order valence-corrected chi connectivity index (χ1v) is 7.43. The van der Waals surface area contributed by atoms with Crippen LogP contribution in [0.1, 0.15) is 12.0 Å². The van der Waals surface area contributed by atoms with Crippen LogP contribution in [0.3, 0.4) is 0 Å². The first kappa shape index (κ1) is 19.4. The number of nitrogens with zero attached hydrogens (tertiary/aromatic N) is 1. The van der Waals surface area contributed by atoms with Gasteiger partial charge in [-0.1, -0.05) is 6.07 Å². The Kier molecular flexibility index (Phi) is 7.67. The molecule has 8 nitrogen and oxygen atoms in total. The molecule has 0 unspecified atom stereocenters. The van der Waals surface area contributed by atoms with E-state index in [0.29, 0.717) is 30.2 Å². The van der Waals surface area contributed by atoms with Crippen molar-refractivity contribution in [2.75, 3.05) is 41.5 Å². The van der Waals surface area contributed by atoms with Crippen molar-refractivity contribution in [1.29, 1.82) is 0 Å². The topological polar surface area (TPSA) is 97.3 Å². The molecular weight excluding hydrogens is 316 g/mol. The number of urea groups is 1. The quantitative estimate of drug-likeness (QED) is 0.705. The normalized spacial score (nSPS) is 10.0. The van der Waals surface area contributed by atoms with E-state index in [-0.39, 0.29) is 19.0 Å². The average molecular weight is 340 g/mol. The number of amides is 2. The Balaban J connectivity index is 2.64. The second-order valence-corrected chi connectivity index (χ2v) is 5.04. The van der Waals surface area contributed by atoms with Crippen LogP contribution in [-0.2, 0) is 11.2 Å². The first-order chi connectivity index (χ1) is 11.4. The average Bonchev–Trinajstić information content (AvgIpc) is 2.58. The Morgan fingerprint density at radius 3 is 2.33 bits per heavy atom. The second-order valence-electron chi connectivity index (χ2n) is 5.04. The smallest absolute Gasteiger partial charge is 0.317 e. The lowest BCUT2D eigenvalue weighted by molar-refractivity contribution is -0.137. The van der Waals surface area contributed by atoms with Crippen LogP contribution in [0.5, 0.6) is 17.2 Å². The highest BCUT2D eigenvalue weighted by atomic mass is 16.5. The molecule has 24 heavy (non-hydrogen) atoms. The van der Waals surface area contributed by atoms with Gasteiger partial charge in [0, 0.05) is 25.7 Å². The summed E-state index contributed by atoms with van der Waals surface area (Å²) in [7, 11) is 6.17. The largest absolute Gasteiger partial charge is 0.493 e. The molecule has 0 saturated heterocycles. The van der Waals surface area contributed by atoms with Gasteiger partial charge < -0.3 is 29.5 Å². The molecule has 2 amide bonds. The van der Waals surface area contributed by atoms with Crippen molar-refractivity contribution in [3.05, 3.63) is 17.7 Å². The number of carbonyl (C=O) groups is 2. The number of nitrogens with one attached hydrogen (secondary N) is 1. The molecule has 1 aromatic carbocycles. The number of ether oxygens (including phenoxy) is 3. The summed E-state index contributed by atoms with van der Waals surface area (Å²) in [6.07, 6.45) is 0.440. The summed E-state index contributed by atoms with van der Waals surface area (Å²) in [4.78, 5) is 23.7. The maximum atomic E-state index is 11.9. The van der Waals surface area contributed by atoms with Gasteiger partial charge in [0.2, 0.25) is 5.75 Å². The van der Waals surface area contributed by atoms with E-state index in [1.807, 2.05) is 6.07 Å². The molecule has 1 rings (SSSR count). The van der Waals surface area contributed by atoms with Crippen molar-refractivity contribution < 1.29 is 28.9 Å². The highest BCUT2D eigenvalue weighted by molar-refractivity contribution is 5.75. The highest BCUT2D eigenvalue weighted by Gasteiger charge is 2.16. The number of hydrogen-bond acceptors (Lipinski definition) is 5. The summed E-state index contributed by atoms with van der Waals surface area (Å²) >= 11 is 0. The summed E-state index contributed by atoms with van der Waals surface area (Å²) in [6, 6.07) is 3.30. The SMILES string of the molecule is COc1ccc(CCNC(=O)N(C)CCC(=O)O)c(OC)c1OC. The summed E-state index contributed by atoms with van der Waals surface area (Å²) in [5.74, 6) is 0.688. The van der Waals surface area contributed by atoms with Gasteiger partial charge in [-0.15, -0.1) is 0 Å². The van der Waals surface area contributed by atoms with Crippen LogP contribution in [0, 0.1) is 0 Å². The van der Waals surface area contributed by atoms with Gasteiger partial charge in [0.15, 0.2) is 11.5 Å². The number of carbonyl (C=O) groups excluding carboxylic acids is 1. The van der Waals surface area contributed by atoms with Crippen molar-refractivity contribution in [3.8, 4) is 17.2 Å². The van der Waals surface area contributed by atoms with Gasteiger partial charge in [-0.3, -0.25) is 4.79 Å². The number of hydrogen-bond donors (Lipinski definition) is 2. The van der Waals surface area contributed by atoms with Crippen molar-refractivity contribution >= 4 is 12.0 Å². The number of carboxylic acids is 1. The molecule has 0 saturated carbocycles. The van der Waals surface area contributed by atoms with E-state index in [9.17, 15) is 9.59 Å². The summed E-state index contributed by atoms with van der Waals surface area (Å²) in [5, 5.41) is 11.4. The molecule has 134 valence electrons. The van der Waals surface area contributed by atoms with Crippen LogP contribution in [0.25, 0.3) is 0 Å². The molecule has 0 aliphatic rings. The third kappa shape index (κ3) is 5.22. The fourth-order valence-electron chi connectivity index (χ4n) is 2.16. The van der Waals surface area contributed by atoms with E-state index in [1.54, 1.807) is 27.3 Å². The molecular formula is C16H24N2O6. The number of benzene rings is 1. The molecule has 0 atom stereocenters. The highest BCUT2D eigenvalue weighted by Crippen LogP contribution is 2.39. The molecule has 8 heteroatoms. The van der Waals surface area contributed by atoms with E-state index in [0.717, 1.165) is 5.56 Å². The summed E-state index contributed by atoms with van der Waals surface area (Å²) in [5.41, 5.74) is 0.864. The van der Waals surface area contributed by atoms with Crippen LogP contribution >= 0.6 is 0 Å². The third-order valence-corrected chi connectivity index (χ3v) is 3.46. The fraction of sp³-hybridized carbons (Fsp3) is 0.500. The van der Waals surface area contributed by atoms with Crippen LogP contribution in [-0.4, -0.2) is 63.5 Å². The lowest BCUT2D eigenvalue weighted by Crippen LogP contribution is -2.39. The fourth-order valence-corrected chi connectivity index (χ4v) is 2.16. The zero-order valence-corrected chi connectivity index (χ0v) is 14.4. The second kappa shape index (κ2) is 9.49. The summed E-state index contributed by atoms with van der Waals surface area (Å²) in [6.45, 7) is 0.531. The standard InChI is InChI=1S/C16H24N2O6/c1-18(10-8-13(19)20)16(21)17-9-7-11-5-6-12(22-2)15(24-4)14(11)23-3/h5-6H,7-10H2,1-4H3,(H,17,21)(H,19,20). The van der Waals surface area contributed by atoms with Gasteiger partial charge in [0.05, 0.1) is 27.8 Å². The van der Waals surface area contributed by atoms with E-state index in [1.165, 1.54) is 12.0 Å². The van der Waals surface area contributed by atoms with E-state index in [2.05, 4.69) is 5.32 Å². The molecule has 0 radical (unpaired) electrons. The van der Waals surface area contributed by atoms with Crippen molar-refractivity contribution in [1.82, 2.24) is 10.2 Å². The zero-order chi connectivity index (χ0) is 18.1. The van der Waals surface area contributed by atoms with Crippen LogP contribution in [0.15, 0.2) is 12.1 Å². The molecule has 0 spiro atoms.